The molecule has 3 amide bonds. The number of carbonyl (C=O) groups excluding carboxylic acids is 4. The average Bonchev–Trinajstić information content (AvgIpc) is 3.12. The van der Waals surface area contributed by atoms with Crippen LogP contribution in [0.5, 0.6) is 0 Å². The van der Waals surface area contributed by atoms with Gasteiger partial charge >= 0.3 is 5.97 Å². The highest BCUT2D eigenvalue weighted by Crippen LogP contribution is 2.31. The Morgan fingerprint density at radius 1 is 0.895 bits per heavy atom. The summed E-state index contributed by atoms with van der Waals surface area (Å²) in [6.45, 7) is 2.12. The fourth-order valence-corrected chi connectivity index (χ4v) is 4.20. The van der Waals surface area contributed by atoms with Crippen LogP contribution in [0.25, 0.3) is 0 Å². The highest BCUT2D eigenvalue weighted by Gasteiger charge is 2.39. The van der Waals surface area contributed by atoms with E-state index in [1.54, 1.807) is 30.3 Å². The number of esters is 1. The van der Waals surface area contributed by atoms with Crippen molar-refractivity contribution >= 4 is 75.6 Å². The van der Waals surface area contributed by atoms with E-state index in [4.69, 9.17) is 39.5 Å². The first kappa shape index (κ1) is 27.2. The number of nitrogens with zero attached hydrogens (tertiary/aromatic N) is 1. The Hall–Kier alpha value is -3.85. The predicted molar refractivity (Wildman–Crippen MR) is 147 cm³/mol. The molecule has 0 saturated carbocycles. The zero-order chi connectivity index (χ0) is 27.4. The average molecular weight is 573 g/mol. The van der Waals surface area contributed by atoms with Crippen LogP contribution in [-0.4, -0.2) is 30.3 Å². The number of anilines is 3. The lowest BCUT2D eigenvalue weighted by Gasteiger charge is -2.16. The number of halogens is 3. The first-order chi connectivity index (χ1) is 18.2. The molecular formula is C27H20Cl3N3O5. The second-order valence-electron chi connectivity index (χ2n) is 8.10. The Bertz CT molecular complexity index is 1470. The third-order valence-corrected chi connectivity index (χ3v) is 6.30. The smallest absolute Gasteiger partial charge is 0.338 e. The number of carbonyl (C=O) groups is 4. The summed E-state index contributed by atoms with van der Waals surface area (Å²) in [4.78, 5) is 51.6. The van der Waals surface area contributed by atoms with Crippen molar-refractivity contribution in [2.75, 3.05) is 22.1 Å². The minimum atomic E-state index is -0.742. The fourth-order valence-electron chi connectivity index (χ4n) is 3.53. The van der Waals surface area contributed by atoms with E-state index in [0.29, 0.717) is 33.4 Å². The third kappa shape index (κ3) is 5.83. The number of nitrogens with one attached hydrogen (secondary N) is 2. The first-order valence-corrected chi connectivity index (χ1v) is 12.5. The van der Waals surface area contributed by atoms with Gasteiger partial charge in [-0.3, -0.25) is 14.4 Å². The minimum Gasteiger partial charge on any atom is -0.462 e. The van der Waals surface area contributed by atoms with E-state index < -0.39 is 23.7 Å². The van der Waals surface area contributed by atoms with Gasteiger partial charge in [0.2, 0.25) is 0 Å². The van der Waals surface area contributed by atoms with Gasteiger partial charge in [-0.25, -0.2) is 9.69 Å². The summed E-state index contributed by atoms with van der Waals surface area (Å²) in [5.41, 5.74) is 1.37. The number of rotatable bonds is 8. The SMILES string of the molecule is CCCOC(=O)c1cccc(N2C(=O)C(Cl)=C(Nc3ccc(C(=O)Nc4ccc(Cl)cc4Cl)cc3)C2=O)c1. The molecule has 0 unspecified atom stereocenters. The van der Waals surface area contributed by atoms with Gasteiger partial charge in [0.25, 0.3) is 17.7 Å². The zero-order valence-electron chi connectivity index (χ0n) is 19.9. The standard InChI is InChI=1S/C27H20Cl3N3O5/c1-2-12-38-27(37)16-4-3-5-19(13-16)33-25(35)22(30)23(26(33)36)31-18-9-6-15(7-10-18)24(34)32-21-11-8-17(28)14-20(21)29/h3-11,13-14,31H,2,12H2,1H3,(H,32,34). The Morgan fingerprint density at radius 2 is 1.63 bits per heavy atom. The summed E-state index contributed by atoms with van der Waals surface area (Å²) in [6.07, 6.45) is 0.658. The van der Waals surface area contributed by atoms with Crippen molar-refractivity contribution < 1.29 is 23.9 Å². The van der Waals surface area contributed by atoms with Crippen LogP contribution in [0.3, 0.4) is 0 Å². The minimum absolute atomic E-state index is 0.138. The van der Waals surface area contributed by atoms with Gasteiger partial charge in [-0.15, -0.1) is 0 Å². The van der Waals surface area contributed by atoms with Crippen LogP contribution in [-0.2, 0) is 14.3 Å². The molecule has 1 heterocycles. The molecule has 0 fully saturated rings. The summed E-state index contributed by atoms with van der Waals surface area (Å²) in [5.74, 6) is -2.41. The van der Waals surface area contributed by atoms with Crippen LogP contribution < -0.4 is 15.5 Å². The van der Waals surface area contributed by atoms with Gasteiger partial charge in [-0.2, -0.15) is 0 Å². The highest BCUT2D eigenvalue weighted by atomic mass is 35.5. The largest absolute Gasteiger partial charge is 0.462 e. The van der Waals surface area contributed by atoms with E-state index in [1.807, 2.05) is 6.92 Å². The van der Waals surface area contributed by atoms with E-state index in [9.17, 15) is 19.2 Å². The molecule has 3 aromatic rings. The second kappa shape index (κ2) is 11.7. The fraction of sp³-hybridized carbons (Fsp3) is 0.111. The van der Waals surface area contributed by atoms with Crippen LogP contribution in [0.2, 0.25) is 10.0 Å². The van der Waals surface area contributed by atoms with E-state index >= 15 is 0 Å². The topological polar surface area (TPSA) is 105 Å². The quantitative estimate of drug-likeness (QED) is 0.244. The molecule has 4 rings (SSSR count). The lowest BCUT2D eigenvalue weighted by molar-refractivity contribution is -0.120. The zero-order valence-corrected chi connectivity index (χ0v) is 22.2. The van der Waals surface area contributed by atoms with Gasteiger partial charge in [0.15, 0.2) is 0 Å². The molecule has 0 aromatic heterocycles. The number of benzene rings is 3. The monoisotopic (exact) mass is 571 g/mol. The molecule has 0 bridgehead atoms. The third-order valence-electron chi connectivity index (χ3n) is 5.40. The number of ether oxygens (including phenoxy) is 1. The van der Waals surface area contributed by atoms with Crippen LogP contribution in [0, 0.1) is 0 Å². The Kier molecular flexibility index (Phi) is 8.36. The van der Waals surface area contributed by atoms with Crippen molar-refractivity contribution in [1.82, 2.24) is 0 Å². The van der Waals surface area contributed by atoms with E-state index in [0.717, 1.165) is 4.90 Å². The molecule has 194 valence electrons. The van der Waals surface area contributed by atoms with Gasteiger partial charge < -0.3 is 15.4 Å². The molecule has 3 aromatic carbocycles. The molecule has 0 spiro atoms. The Labute approximate surface area is 233 Å². The summed E-state index contributed by atoms with van der Waals surface area (Å²) in [6, 6.07) is 16.8. The Morgan fingerprint density at radius 3 is 2.32 bits per heavy atom. The number of imide groups is 1. The maximum Gasteiger partial charge on any atom is 0.338 e. The van der Waals surface area contributed by atoms with Gasteiger partial charge in [0.05, 0.1) is 28.6 Å². The number of amides is 3. The predicted octanol–water partition coefficient (Wildman–Crippen LogP) is 6.25. The van der Waals surface area contributed by atoms with Gasteiger partial charge in [0.1, 0.15) is 10.7 Å². The molecule has 1 aliphatic heterocycles. The lowest BCUT2D eigenvalue weighted by Crippen LogP contribution is -2.32. The van der Waals surface area contributed by atoms with Crippen molar-refractivity contribution in [2.45, 2.75) is 13.3 Å². The molecule has 38 heavy (non-hydrogen) atoms. The van der Waals surface area contributed by atoms with Crippen molar-refractivity contribution in [2.24, 2.45) is 0 Å². The molecule has 0 aliphatic carbocycles. The maximum absolute atomic E-state index is 13.1. The van der Waals surface area contributed by atoms with Gasteiger partial charge in [-0.05, 0) is 67.1 Å². The molecule has 2 N–H and O–H groups in total. The lowest BCUT2D eigenvalue weighted by atomic mass is 10.1. The molecule has 0 radical (unpaired) electrons. The highest BCUT2D eigenvalue weighted by molar-refractivity contribution is 6.53. The first-order valence-electron chi connectivity index (χ1n) is 11.4. The van der Waals surface area contributed by atoms with Crippen LogP contribution in [0.15, 0.2) is 77.5 Å². The van der Waals surface area contributed by atoms with E-state index in [2.05, 4.69) is 10.6 Å². The normalized spacial score (nSPS) is 13.1. The van der Waals surface area contributed by atoms with Crippen molar-refractivity contribution in [3.63, 3.8) is 0 Å². The maximum atomic E-state index is 13.1. The molecule has 0 saturated heterocycles. The number of hydrogen-bond donors (Lipinski definition) is 2. The van der Waals surface area contributed by atoms with E-state index in [-0.39, 0.29) is 28.6 Å². The van der Waals surface area contributed by atoms with Gasteiger partial charge in [0, 0.05) is 16.3 Å². The molecule has 0 atom stereocenters. The van der Waals surface area contributed by atoms with Crippen molar-refractivity contribution in [3.8, 4) is 0 Å². The number of hydrogen-bond acceptors (Lipinski definition) is 6. The summed E-state index contributed by atoms with van der Waals surface area (Å²) < 4.78 is 5.12. The Balaban J connectivity index is 1.47. The molecular weight excluding hydrogens is 553 g/mol. The summed E-state index contributed by atoms with van der Waals surface area (Å²) >= 11 is 18.2. The van der Waals surface area contributed by atoms with E-state index in [1.165, 1.54) is 36.4 Å². The molecule has 11 heteroatoms. The summed E-state index contributed by atoms with van der Waals surface area (Å²) in [7, 11) is 0. The summed E-state index contributed by atoms with van der Waals surface area (Å²) in [5, 5.41) is 5.96. The van der Waals surface area contributed by atoms with Crippen LogP contribution in [0.4, 0.5) is 17.1 Å². The second-order valence-corrected chi connectivity index (χ2v) is 9.32. The van der Waals surface area contributed by atoms with Crippen molar-refractivity contribution in [3.05, 3.63) is 98.6 Å². The van der Waals surface area contributed by atoms with Crippen LogP contribution in [0.1, 0.15) is 34.1 Å². The van der Waals surface area contributed by atoms with Crippen LogP contribution >= 0.6 is 34.8 Å². The van der Waals surface area contributed by atoms with Crippen molar-refractivity contribution in [1.29, 1.82) is 0 Å². The molecule has 8 nitrogen and oxygen atoms in total. The molecule has 1 aliphatic rings. The van der Waals surface area contributed by atoms with Gasteiger partial charge in [-0.1, -0.05) is 47.8 Å².